The molecule has 0 radical (unpaired) electrons. The SMILES string of the molecule is Cc1ccc(C(=O)N2CC(C(C)C(=O)O)C2)cc1Br. The van der Waals surface area contributed by atoms with E-state index < -0.39 is 11.9 Å². The minimum atomic E-state index is -0.796. The quantitative estimate of drug-likeness (QED) is 0.929. The Bertz CT molecular complexity index is 523. The molecule has 1 atom stereocenters. The van der Waals surface area contributed by atoms with E-state index in [-0.39, 0.29) is 11.8 Å². The summed E-state index contributed by atoms with van der Waals surface area (Å²) in [5.74, 6) is -1.16. The highest BCUT2D eigenvalue weighted by Crippen LogP contribution is 2.26. The van der Waals surface area contributed by atoms with Crippen molar-refractivity contribution in [1.82, 2.24) is 4.90 Å². The number of hydrogen-bond donors (Lipinski definition) is 1. The summed E-state index contributed by atoms with van der Waals surface area (Å²) in [6.07, 6.45) is 0. The van der Waals surface area contributed by atoms with Gasteiger partial charge in [-0.1, -0.05) is 28.9 Å². The van der Waals surface area contributed by atoms with Crippen LogP contribution < -0.4 is 0 Å². The second kappa shape index (κ2) is 5.33. The molecule has 19 heavy (non-hydrogen) atoms. The van der Waals surface area contributed by atoms with Crippen LogP contribution >= 0.6 is 15.9 Å². The summed E-state index contributed by atoms with van der Waals surface area (Å²) in [5, 5.41) is 8.92. The number of carbonyl (C=O) groups excluding carboxylic acids is 1. The van der Waals surface area contributed by atoms with Gasteiger partial charge in [-0.05, 0) is 24.6 Å². The average Bonchev–Trinajstić information content (AvgIpc) is 2.30. The smallest absolute Gasteiger partial charge is 0.306 e. The largest absolute Gasteiger partial charge is 0.481 e. The average molecular weight is 326 g/mol. The lowest BCUT2D eigenvalue weighted by Gasteiger charge is -2.41. The monoisotopic (exact) mass is 325 g/mol. The van der Waals surface area contributed by atoms with Gasteiger partial charge in [0.1, 0.15) is 0 Å². The number of halogens is 1. The number of carboxylic acid groups (broad SMARTS) is 1. The summed E-state index contributed by atoms with van der Waals surface area (Å²) in [5.41, 5.74) is 1.72. The molecular weight excluding hydrogens is 310 g/mol. The molecule has 0 saturated carbocycles. The summed E-state index contributed by atoms with van der Waals surface area (Å²) in [6.45, 7) is 4.71. The van der Waals surface area contributed by atoms with Crippen LogP contribution in [0.25, 0.3) is 0 Å². The zero-order chi connectivity index (χ0) is 14.2. The number of amides is 1. The van der Waals surface area contributed by atoms with Gasteiger partial charge in [0.15, 0.2) is 0 Å². The Balaban J connectivity index is 2.00. The predicted molar refractivity (Wildman–Crippen MR) is 75.1 cm³/mol. The predicted octanol–water partition coefficient (Wildman–Crippen LogP) is 2.55. The second-order valence-corrected chi connectivity index (χ2v) is 5.92. The molecule has 0 bridgehead atoms. The van der Waals surface area contributed by atoms with Crippen LogP contribution in [0.2, 0.25) is 0 Å². The summed E-state index contributed by atoms with van der Waals surface area (Å²) < 4.78 is 0.911. The van der Waals surface area contributed by atoms with Gasteiger partial charge in [-0.25, -0.2) is 0 Å². The Morgan fingerprint density at radius 2 is 2.05 bits per heavy atom. The fraction of sp³-hybridized carbons (Fsp3) is 0.429. The van der Waals surface area contributed by atoms with Crippen LogP contribution in [0.1, 0.15) is 22.8 Å². The summed E-state index contributed by atoms with van der Waals surface area (Å²) in [4.78, 5) is 24.7. The van der Waals surface area contributed by atoms with E-state index in [0.717, 1.165) is 10.0 Å². The van der Waals surface area contributed by atoms with Crippen molar-refractivity contribution in [3.8, 4) is 0 Å². The van der Waals surface area contributed by atoms with E-state index in [1.165, 1.54) is 0 Å². The van der Waals surface area contributed by atoms with Crippen molar-refractivity contribution in [2.75, 3.05) is 13.1 Å². The van der Waals surface area contributed by atoms with Gasteiger partial charge in [-0.3, -0.25) is 9.59 Å². The number of carboxylic acids is 1. The Hall–Kier alpha value is -1.36. The van der Waals surface area contributed by atoms with Crippen LogP contribution in [-0.2, 0) is 4.79 Å². The van der Waals surface area contributed by atoms with Crippen LogP contribution in [0.5, 0.6) is 0 Å². The van der Waals surface area contributed by atoms with Gasteiger partial charge in [0, 0.05) is 29.0 Å². The minimum Gasteiger partial charge on any atom is -0.481 e. The van der Waals surface area contributed by atoms with Gasteiger partial charge in [0.2, 0.25) is 0 Å². The summed E-state index contributed by atoms with van der Waals surface area (Å²) in [7, 11) is 0. The van der Waals surface area contributed by atoms with Crippen LogP contribution in [-0.4, -0.2) is 35.0 Å². The maximum atomic E-state index is 12.2. The van der Waals surface area contributed by atoms with Crippen molar-refractivity contribution >= 4 is 27.8 Å². The number of benzene rings is 1. The standard InChI is InChI=1S/C14H16BrNO3/c1-8-3-4-10(5-12(8)15)13(17)16-6-11(7-16)9(2)14(18)19/h3-5,9,11H,6-7H2,1-2H3,(H,18,19). The maximum Gasteiger partial charge on any atom is 0.306 e. The van der Waals surface area contributed by atoms with E-state index in [1.54, 1.807) is 17.9 Å². The van der Waals surface area contributed by atoms with Crippen molar-refractivity contribution in [2.45, 2.75) is 13.8 Å². The van der Waals surface area contributed by atoms with E-state index >= 15 is 0 Å². The third-order valence-electron chi connectivity index (χ3n) is 3.71. The van der Waals surface area contributed by atoms with E-state index in [2.05, 4.69) is 15.9 Å². The minimum absolute atomic E-state index is 0.0328. The van der Waals surface area contributed by atoms with Gasteiger partial charge in [0.25, 0.3) is 5.91 Å². The van der Waals surface area contributed by atoms with Gasteiger partial charge in [-0.15, -0.1) is 0 Å². The topological polar surface area (TPSA) is 57.6 Å². The lowest BCUT2D eigenvalue weighted by Crippen LogP contribution is -2.53. The van der Waals surface area contributed by atoms with Crippen LogP contribution in [0.4, 0.5) is 0 Å². The van der Waals surface area contributed by atoms with Crippen LogP contribution in [0.15, 0.2) is 22.7 Å². The Morgan fingerprint density at radius 3 is 2.58 bits per heavy atom. The molecule has 4 nitrogen and oxygen atoms in total. The van der Waals surface area contributed by atoms with Crippen LogP contribution in [0.3, 0.4) is 0 Å². The Labute approximate surface area is 120 Å². The fourth-order valence-corrected chi connectivity index (χ4v) is 2.48. The molecule has 0 spiro atoms. The highest BCUT2D eigenvalue weighted by atomic mass is 79.9. The van der Waals surface area contributed by atoms with E-state index in [9.17, 15) is 9.59 Å². The van der Waals surface area contributed by atoms with Gasteiger partial charge in [-0.2, -0.15) is 0 Å². The number of likely N-dealkylation sites (tertiary alicyclic amines) is 1. The third-order valence-corrected chi connectivity index (χ3v) is 4.57. The zero-order valence-corrected chi connectivity index (χ0v) is 12.5. The molecular formula is C14H16BrNO3. The number of aliphatic carboxylic acids is 1. The first-order valence-electron chi connectivity index (χ1n) is 6.18. The molecule has 1 heterocycles. The van der Waals surface area contributed by atoms with Gasteiger partial charge in [0.05, 0.1) is 5.92 Å². The Morgan fingerprint density at radius 1 is 1.42 bits per heavy atom. The van der Waals surface area contributed by atoms with Crippen LogP contribution in [0, 0.1) is 18.8 Å². The first-order chi connectivity index (χ1) is 8.90. The molecule has 2 rings (SSSR count). The number of rotatable bonds is 3. The van der Waals surface area contributed by atoms with Crippen molar-refractivity contribution in [2.24, 2.45) is 11.8 Å². The molecule has 1 aromatic rings. The summed E-state index contributed by atoms with van der Waals surface area (Å²) in [6, 6.07) is 5.51. The molecule has 1 saturated heterocycles. The van der Waals surface area contributed by atoms with Crippen molar-refractivity contribution < 1.29 is 14.7 Å². The highest BCUT2D eigenvalue weighted by Gasteiger charge is 2.37. The maximum absolute atomic E-state index is 12.2. The molecule has 0 aromatic heterocycles. The third kappa shape index (κ3) is 2.81. The van der Waals surface area contributed by atoms with Gasteiger partial charge < -0.3 is 10.0 Å². The molecule has 1 fully saturated rings. The molecule has 1 aliphatic rings. The first kappa shape index (κ1) is 14.1. The molecule has 5 heteroatoms. The fourth-order valence-electron chi connectivity index (χ4n) is 2.10. The lowest BCUT2D eigenvalue weighted by molar-refractivity contribution is -0.144. The van der Waals surface area contributed by atoms with Crippen molar-refractivity contribution in [3.05, 3.63) is 33.8 Å². The number of aryl methyl sites for hydroxylation is 1. The van der Waals surface area contributed by atoms with E-state index in [0.29, 0.717) is 18.7 Å². The first-order valence-corrected chi connectivity index (χ1v) is 6.97. The van der Waals surface area contributed by atoms with E-state index in [1.807, 2.05) is 19.1 Å². The molecule has 1 aromatic carbocycles. The molecule has 1 amide bonds. The number of hydrogen-bond acceptors (Lipinski definition) is 2. The molecule has 102 valence electrons. The number of carbonyl (C=O) groups is 2. The summed E-state index contributed by atoms with van der Waals surface area (Å²) >= 11 is 3.41. The number of nitrogens with zero attached hydrogens (tertiary/aromatic N) is 1. The molecule has 1 N–H and O–H groups in total. The van der Waals surface area contributed by atoms with Crippen molar-refractivity contribution in [3.63, 3.8) is 0 Å². The lowest BCUT2D eigenvalue weighted by atomic mass is 9.86. The second-order valence-electron chi connectivity index (χ2n) is 5.06. The van der Waals surface area contributed by atoms with Gasteiger partial charge >= 0.3 is 5.97 Å². The normalized spacial score (nSPS) is 16.9. The Kier molecular flexibility index (Phi) is 3.94. The highest BCUT2D eigenvalue weighted by molar-refractivity contribution is 9.10. The molecule has 1 aliphatic heterocycles. The molecule has 0 aliphatic carbocycles. The molecule has 1 unspecified atom stereocenters. The van der Waals surface area contributed by atoms with E-state index in [4.69, 9.17) is 5.11 Å². The van der Waals surface area contributed by atoms with Crippen molar-refractivity contribution in [1.29, 1.82) is 0 Å². The zero-order valence-electron chi connectivity index (χ0n) is 10.9.